The van der Waals surface area contributed by atoms with Gasteiger partial charge < -0.3 is 14.7 Å². The van der Waals surface area contributed by atoms with Crippen molar-refractivity contribution in [3.63, 3.8) is 0 Å². The van der Waals surface area contributed by atoms with Crippen LogP contribution in [0.1, 0.15) is 26.3 Å². The van der Waals surface area contributed by atoms with Crippen LogP contribution in [0.25, 0.3) is 0 Å². The van der Waals surface area contributed by atoms with Crippen molar-refractivity contribution < 1.29 is 14.6 Å². The van der Waals surface area contributed by atoms with Crippen molar-refractivity contribution in [3.05, 3.63) is 22.2 Å². The minimum absolute atomic E-state index is 0.0188. The van der Waals surface area contributed by atoms with Gasteiger partial charge in [-0.3, -0.25) is 9.69 Å². The first kappa shape index (κ1) is 18.1. The second-order valence-electron chi connectivity index (χ2n) is 6.91. The lowest BCUT2D eigenvalue weighted by Gasteiger charge is -2.37. The van der Waals surface area contributed by atoms with E-state index in [1.165, 1.54) is 0 Å². The predicted molar refractivity (Wildman–Crippen MR) is 95.7 cm³/mol. The minimum atomic E-state index is -0.770. The van der Waals surface area contributed by atoms with Gasteiger partial charge in [0.25, 0.3) is 0 Å². The van der Waals surface area contributed by atoms with E-state index in [-0.39, 0.29) is 12.0 Å². The van der Waals surface area contributed by atoms with Crippen LogP contribution in [0, 0.1) is 0 Å². The van der Waals surface area contributed by atoms with Gasteiger partial charge in [-0.05, 0) is 17.5 Å². The fourth-order valence-electron chi connectivity index (χ4n) is 2.92. The Morgan fingerprint density at radius 1 is 1.26 bits per heavy atom. The number of piperazine rings is 1. The molecule has 1 aromatic carbocycles. The number of halogens is 1. The second kappa shape index (κ2) is 7.09. The maximum atomic E-state index is 10.8. The number of methoxy groups -OCH3 is 1. The molecule has 1 aromatic rings. The van der Waals surface area contributed by atoms with E-state index in [1.807, 2.05) is 4.90 Å². The van der Waals surface area contributed by atoms with Crippen LogP contribution < -0.4 is 9.64 Å². The van der Waals surface area contributed by atoms with Crippen molar-refractivity contribution in [1.29, 1.82) is 0 Å². The summed E-state index contributed by atoms with van der Waals surface area (Å²) in [5.41, 5.74) is 2.22. The Hall–Kier alpha value is -1.27. The van der Waals surface area contributed by atoms with Crippen molar-refractivity contribution >= 4 is 27.6 Å². The Balaban J connectivity index is 2.27. The summed E-state index contributed by atoms with van der Waals surface area (Å²) >= 11 is 3.61. The number of anilines is 1. The molecule has 1 aliphatic heterocycles. The molecule has 1 saturated heterocycles. The molecule has 0 amide bonds. The number of hydrogen-bond donors (Lipinski definition) is 1. The van der Waals surface area contributed by atoms with Gasteiger partial charge in [0, 0.05) is 36.2 Å². The lowest BCUT2D eigenvalue weighted by atomic mass is 9.86. The van der Waals surface area contributed by atoms with E-state index in [9.17, 15) is 4.79 Å². The van der Waals surface area contributed by atoms with Gasteiger partial charge in [0.1, 0.15) is 5.75 Å². The van der Waals surface area contributed by atoms with Crippen molar-refractivity contribution in [2.24, 2.45) is 0 Å². The highest BCUT2D eigenvalue weighted by molar-refractivity contribution is 9.10. The molecular formula is C17H25BrN2O3. The molecule has 1 heterocycles. The molecule has 1 N–H and O–H groups in total. The molecule has 0 bridgehead atoms. The first-order valence-electron chi connectivity index (χ1n) is 7.79. The van der Waals surface area contributed by atoms with Gasteiger partial charge in [-0.1, -0.05) is 36.7 Å². The summed E-state index contributed by atoms with van der Waals surface area (Å²) in [6.45, 7) is 9.70. The van der Waals surface area contributed by atoms with E-state index >= 15 is 0 Å². The fraction of sp³-hybridized carbons (Fsp3) is 0.588. The molecule has 23 heavy (non-hydrogen) atoms. The van der Waals surface area contributed by atoms with Crippen molar-refractivity contribution in [3.8, 4) is 5.75 Å². The molecule has 0 atom stereocenters. The Kier molecular flexibility index (Phi) is 5.57. The third-order valence-corrected chi connectivity index (χ3v) is 4.58. The molecule has 1 fully saturated rings. The zero-order valence-corrected chi connectivity index (χ0v) is 15.8. The van der Waals surface area contributed by atoms with E-state index < -0.39 is 5.97 Å². The number of carboxylic acids is 1. The van der Waals surface area contributed by atoms with Crippen molar-refractivity contribution in [1.82, 2.24) is 4.90 Å². The number of benzene rings is 1. The van der Waals surface area contributed by atoms with Crippen LogP contribution in [-0.2, 0) is 10.2 Å². The molecule has 0 aromatic heterocycles. The Morgan fingerprint density at radius 2 is 1.87 bits per heavy atom. The maximum Gasteiger partial charge on any atom is 0.317 e. The topological polar surface area (TPSA) is 53.0 Å². The number of hydrogen-bond acceptors (Lipinski definition) is 4. The third-order valence-electron chi connectivity index (χ3n) is 4.12. The van der Waals surface area contributed by atoms with Crippen LogP contribution in [0.3, 0.4) is 0 Å². The molecule has 128 valence electrons. The minimum Gasteiger partial charge on any atom is -0.494 e. The zero-order valence-electron chi connectivity index (χ0n) is 14.2. The molecule has 1 aliphatic rings. The van der Waals surface area contributed by atoms with Gasteiger partial charge in [0.2, 0.25) is 0 Å². The average molecular weight is 385 g/mol. The summed E-state index contributed by atoms with van der Waals surface area (Å²) in [5, 5.41) is 8.91. The number of aliphatic carboxylic acids is 1. The summed E-state index contributed by atoms with van der Waals surface area (Å²) in [7, 11) is 1.71. The zero-order chi connectivity index (χ0) is 17.2. The molecule has 0 aliphatic carbocycles. The van der Waals surface area contributed by atoms with E-state index in [1.54, 1.807) is 7.11 Å². The molecular weight excluding hydrogens is 360 g/mol. The number of carbonyl (C=O) groups is 1. The highest BCUT2D eigenvalue weighted by atomic mass is 79.9. The van der Waals surface area contributed by atoms with Crippen LogP contribution in [0.5, 0.6) is 5.75 Å². The number of rotatable bonds is 4. The summed E-state index contributed by atoms with van der Waals surface area (Å²) in [6.07, 6.45) is 0. The Morgan fingerprint density at radius 3 is 2.35 bits per heavy atom. The van der Waals surface area contributed by atoms with Crippen LogP contribution in [0.2, 0.25) is 0 Å². The van der Waals surface area contributed by atoms with Crippen LogP contribution in [0.4, 0.5) is 5.69 Å². The molecule has 0 spiro atoms. The number of carboxylic acid groups (broad SMARTS) is 1. The highest BCUT2D eigenvalue weighted by Gasteiger charge is 2.26. The number of ether oxygens (including phenoxy) is 1. The third kappa shape index (κ3) is 4.38. The van der Waals surface area contributed by atoms with Crippen molar-refractivity contribution in [2.75, 3.05) is 44.7 Å². The van der Waals surface area contributed by atoms with Crippen LogP contribution >= 0.6 is 15.9 Å². The quantitative estimate of drug-likeness (QED) is 0.864. The summed E-state index contributed by atoms with van der Waals surface area (Å²) in [4.78, 5) is 15.1. The standard InChI is InChI=1S/C17H25BrN2O3/c1-17(2,3)13-9-12(18)10-14(16(13)23-4)20-7-5-19(6-8-20)11-15(21)22/h9-10H,5-8,11H2,1-4H3,(H,21,22). The Bertz CT molecular complexity index is 576. The van der Waals surface area contributed by atoms with E-state index in [0.717, 1.165) is 47.7 Å². The monoisotopic (exact) mass is 384 g/mol. The van der Waals surface area contributed by atoms with Gasteiger partial charge in [0.15, 0.2) is 0 Å². The van der Waals surface area contributed by atoms with Gasteiger partial charge >= 0.3 is 5.97 Å². The van der Waals surface area contributed by atoms with Crippen molar-refractivity contribution in [2.45, 2.75) is 26.2 Å². The molecule has 6 heteroatoms. The van der Waals surface area contributed by atoms with E-state index in [4.69, 9.17) is 9.84 Å². The smallest absolute Gasteiger partial charge is 0.317 e. The summed E-state index contributed by atoms with van der Waals surface area (Å²) < 4.78 is 6.77. The number of nitrogens with zero attached hydrogens (tertiary/aromatic N) is 2. The van der Waals surface area contributed by atoms with Gasteiger partial charge in [-0.2, -0.15) is 0 Å². The lowest BCUT2D eigenvalue weighted by Crippen LogP contribution is -2.48. The SMILES string of the molecule is COc1c(N2CCN(CC(=O)O)CC2)cc(Br)cc1C(C)(C)C. The lowest BCUT2D eigenvalue weighted by molar-refractivity contribution is -0.138. The fourth-order valence-corrected chi connectivity index (χ4v) is 3.37. The van der Waals surface area contributed by atoms with Gasteiger partial charge in [-0.25, -0.2) is 0 Å². The molecule has 0 unspecified atom stereocenters. The first-order chi connectivity index (χ1) is 10.7. The normalized spacial score (nSPS) is 16.5. The Labute approximate surface area is 146 Å². The first-order valence-corrected chi connectivity index (χ1v) is 8.59. The molecule has 0 saturated carbocycles. The maximum absolute atomic E-state index is 10.8. The average Bonchev–Trinajstić information content (AvgIpc) is 2.45. The second-order valence-corrected chi connectivity index (χ2v) is 7.83. The predicted octanol–water partition coefficient (Wildman–Crippen LogP) is 2.96. The van der Waals surface area contributed by atoms with E-state index in [2.05, 4.69) is 53.7 Å². The molecule has 2 rings (SSSR count). The molecule has 0 radical (unpaired) electrons. The van der Waals surface area contributed by atoms with E-state index in [0.29, 0.717) is 0 Å². The van der Waals surface area contributed by atoms with Crippen LogP contribution in [0.15, 0.2) is 16.6 Å². The van der Waals surface area contributed by atoms with Gasteiger partial charge in [-0.15, -0.1) is 0 Å². The summed E-state index contributed by atoms with van der Waals surface area (Å²) in [5.74, 6) is 0.140. The van der Waals surface area contributed by atoms with Gasteiger partial charge in [0.05, 0.1) is 19.3 Å². The van der Waals surface area contributed by atoms with Crippen LogP contribution in [-0.4, -0.2) is 55.8 Å². The largest absolute Gasteiger partial charge is 0.494 e. The summed E-state index contributed by atoms with van der Waals surface area (Å²) in [6, 6.07) is 4.20. The highest BCUT2D eigenvalue weighted by Crippen LogP contribution is 2.41. The molecule has 5 nitrogen and oxygen atoms in total.